The molecule has 0 N–H and O–H groups in total. The minimum atomic E-state index is 1.11. The van der Waals surface area contributed by atoms with Crippen molar-refractivity contribution in [3.63, 3.8) is 0 Å². The van der Waals surface area contributed by atoms with Crippen LogP contribution < -0.4 is 9.80 Å². The Balaban J connectivity index is 1.22. The third kappa shape index (κ3) is 4.97. The van der Waals surface area contributed by atoms with Crippen molar-refractivity contribution in [1.82, 2.24) is 0 Å². The van der Waals surface area contributed by atoms with Gasteiger partial charge in [-0.2, -0.15) is 0 Å². The highest BCUT2D eigenvalue weighted by Gasteiger charge is 2.16. The van der Waals surface area contributed by atoms with Gasteiger partial charge in [-0.05, 0) is 87.3 Å². The van der Waals surface area contributed by atoms with Gasteiger partial charge in [0, 0.05) is 40.6 Å². The Morgan fingerprint density at radius 1 is 0.333 bits per heavy atom. The minimum Gasteiger partial charge on any atom is -0.344 e. The third-order valence-electron chi connectivity index (χ3n) is 8.80. The molecule has 0 atom stereocenters. The van der Waals surface area contributed by atoms with Gasteiger partial charge in [-0.25, -0.2) is 0 Å². The first-order valence-electron chi connectivity index (χ1n) is 15.4. The maximum atomic E-state index is 2.35. The predicted molar refractivity (Wildman–Crippen MR) is 194 cm³/mol. The summed E-state index contributed by atoms with van der Waals surface area (Å²) in [7, 11) is 2.17. The molecule has 0 amide bonds. The average Bonchev–Trinajstić information content (AvgIpc) is 3.11. The van der Waals surface area contributed by atoms with Crippen molar-refractivity contribution in [2.24, 2.45) is 0 Å². The standard InChI is InChI=1S/C43H32N2/c1-44(43-41-17-9-7-15-35(41)29-36-16-8-10-18-42(36)43)37-25-27-39(28-26-37)45(40-24-21-32-13-5-6-14-34(32)30-40)38-22-19-33(20-23-38)31-11-3-2-4-12-31/h2-30H,1H3. The molecule has 2 heteroatoms. The van der Waals surface area contributed by atoms with Crippen molar-refractivity contribution >= 4 is 60.8 Å². The molecule has 0 saturated heterocycles. The first-order valence-corrected chi connectivity index (χ1v) is 15.4. The van der Waals surface area contributed by atoms with Crippen LogP contribution in [0.4, 0.5) is 28.4 Å². The maximum absolute atomic E-state index is 2.35. The molecule has 0 aliphatic carbocycles. The lowest BCUT2D eigenvalue weighted by molar-refractivity contribution is 1.22. The summed E-state index contributed by atoms with van der Waals surface area (Å²) in [6.07, 6.45) is 0. The van der Waals surface area contributed by atoms with Crippen molar-refractivity contribution in [2.75, 3.05) is 16.8 Å². The Bertz CT molecular complexity index is 2220. The largest absolute Gasteiger partial charge is 0.344 e. The van der Waals surface area contributed by atoms with Crippen molar-refractivity contribution < 1.29 is 0 Å². The van der Waals surface area contributed by atoms with Gasteiger partial charge >= 0.3 is 0 Å². The van der Waals surface area contributed by atoms with E-state index < -0.39 is 0 Å². The monoisotopic (exact) mass is 576 g/mol. The smallest absolute Gasteiger partial charge is 0.0567 e. The molecule has 214 valence electrons. The van der Waals surface area contributed by atoms with Crippen molar-refractivity contribution in [2.45, 2.75) is 0 Å². The second-order valence-electron chi connectivity index (χ2n) is 11.5. The molecule has 0 spiro atoms. The number of rotatable bonds is 6. The van der Waals surface area contributed by atoms with Crippen LogP contribution in [0.25, 0.3) is 43.4 Å². The normalized spacial score (nSPS) is 11.2. The van der Waals surface area contributed by atoms with Crippen LogP contribution in [0, 0.1) is 0 Å². The highest BCUT2D eigenvalue weighted by atomic mass is 15.1. The summed E-state index contributed by atoms with van der Waals surface area (Å²) in [6.45, 7) is 0. The second-order valence-corrected chi connectivity index (χ2v) is 11.5. The van der Waals surface area contributed by atoms with Crippen LogP contribution in [-0.4, -0.2) is 7.05 Å². The Morgan fingerprint density at radius 3 is 1.44 bits per heavy atom. The Hall–Kier alpha value is -5.86. The van der Waals surface area contributed by atoms with Gasteiger partial charge in [0.25, 0.3) is 0 Å². The zero-order chi connectivity index (χ0) is 30.2. The summed E-state index contributed by atoms with van der Waals surface area (Å²) < 4.78 is 0. The number of nitrogens with zero attached hydrogens (tertiary/aromatic N) is 2. The van der Waals surface area contributed by atoms with E-state index >= 15 is 0 Å². The van der Waals surface area contributed by atoms with Gasteiger partial charge in [0.05, 0.1) is 5.69 Å². The van der Waals surface area contributed by atoms with Crippen LogP contribution in [0.1, 0.15) is 0 Å². The number of benzene rings is 8. The van der Waals surface area contributed by atoms with Crippen LogP contribution in [0.2, 0.25) is 0 Å². The summed E-state index contributed by atoms with van der Waals surface area (Å²) in [5, 5.41) is 7.45. The van der Waals surface area contributed by atoms with Crippen LogP contribution in [-0.2, 0) is 0 Å². The molecule has 0 aliphatic heterocycles. The van der Waals surface area contributed by atoms with Crippen molar-refractivity contribution in [3.05, 3.63) is 176 Å². The van der Waals surface area contributed by atoms with E-state index in [1.54, 1.807) is 0 Å². The Labute approximate surface area is 264 Å². The molecule has 8 aromatic rings. The first-order chi connectivity index (χ1) is 22.2. The van der Waals surface area contributed by atoms with Gasteiger partial charge in [0.2, 0.25) is 0 Å². The lowest BCUT2D eigenvalue weighted by atomic mass is 10.00. The molecule has 0 radical (unpaired) electrons. The molecule has 0 aromatic heterocycles. The van der Waals surface area contributed by atoms with E-state index in [-0.39, 0.29) is 0 Å². The molecule has 0 fully saturated rings. The number of anilines is 5. The average molecular weight is 577 g/mol. The van der Waals surface area contributed by atoms with E-state index in [0.717, 1.165) is 22.7 Å². The molecular formula is C43H32N2. The summed E-state index contributed by atoms with van der Waals surface area (Å²) in [5.74, 6) is 0. The SMILES string of the molecule is CN(c1ccc(N(c2ccc(-c3ccccc3)cc2)c2ccc3ccccc3c2)cc1)c1c2ccccc2cc2ccccc12. The van der Waals surface area contributed by atoms with Crippen LogP contribution in [0.3, 0.4) is 0 Å². The Morgan fingerprint density at radius 2 is 0.800 bits per heavy atom. The molecule has 8 rings (SSSR count). The van der Waals surface area contributed by atoms with Gasteiger partial charge in [-0.3, -0.25) is 0 Å². The van der Waals surface area contributed by atoms with E-state index in [1.807, 2.05) is 0 Å². The van der Waals surface area contributed by atoms with Gasteiger partial charge < -0.3 is 9.80 Å². The van der Waals surface area contributed by atoms with Crippen LogP contribution in [0.5, 0.6) is 0 Å². The molecule has 45 heavy (non-hydrogen) atoms. The summed E-state index contributed by atoms with van der Waals surface area (Å²) in [5.41, 5.74) is 8.13. The Kier molecular flexibility index (Phi) is 6.73. The van der Waals surface area contributed by atoms with E-state index in [9.17, 15) is 0 Å². The quantitative estimate of drug-likeness (QED) is 0.182. The van der Waals surface area contributed by atoms with E-state index in [4.69, 9.17) is 0 Å². The molecule has 0 saturated carbocycles. The lowest BCUT2D eigenvalue weighted by Crippen LogP contribution is -2.12. The fourth-order valence-electron chi connectivity index (χ4n) is 6.50. The molecule has 8 aromatic carbocycles. The van der Waals surface area contributed by atoms with Crippen LogP contribution in [0.15, 0.2) is 176 Å². The molecule has 0 heterocycles. The second kappa shape index (κ2) is 11.3. The van der Waals surface area contributed by atoms with Gasteiger partial charge in [-0.1, -0.05) is 121 Å². The summed E-state index contributed by atoms with van der Waals surface area (Å²) >= 11 is 0. The highest BCUT2D eigenvalue weighted by molar-refractivity contribution is 6.12. The topological polar surface area (TPSA) is 6.48 Å². The maximum Gasteiger partial charge on any atom is 0.0567 e. The minimum absolute atomic E-state index is 1.11. The molecule has 2 nitrogen and oxygen atoms in total. The highest BCUT2D eigenvalue weighted by Crippen LogP contribution is 2.41. The van der Waals surface area contributed by atoms with E-state index in [1.165, 1.54) is 49.1 Å². The molecule has 0 bridgehead atoms. The third-order valence-corrected chi connectivity index (χ3v) is 8.80. The van der Waals surface area contributed by atoms with Crippen LogP contribution >= 0.6 is 0 Å². The predicted octanol–water partition coefficient (Wildman–Crippen LogP) is 12.1. The summed E-state index contributed by atoms with van der Waals surface area (Å²) in [6, 6.07) is 63.2. The van der Waals surface area contributed by atoms with Gasteiger partial charge in [-0.15, -0.1) is 0 Å². The van der Waals surface area contributed by atoms with Crippen molar-refractivity contribution in [3.8, 4) is 11.1 Å². The van der Waals surface area contributed by atoms with E-state index in [2.05, 4.69) is 193 Å². The van der Waals surface area contributed by atoms with Gasteiger partial charge in [0.15, 0.2) is 0 Å². The fourth-order valence-corrected chi connectivity index (χ4v) is 6.50. The number of hydrogen-bond acceptors (Lipinski definition) is 2. The van der Waals surface area contributed by atoms with Crippen molar-refractivity contribution in [1.29, 1.82) is 0 Å². The zero-order valence-electron chi connectivity index (χ0n) is 25.1. The summed E-state index contributed by atoms with van der Waals surface area (Å²) in [4.78, 5) is 4.67. The zero-order valence-corrected chi connectivity index (χ0v) is 25.1. The first kappa shape index (κ1) is 26.7. The number of hydrogen-bond donors (Lipinski definition) is 0. The molecule has 0 aliphatic rings. The molecular weight excluding hydrogens is 544 g/mol. The fraction of sp³-hybridized carbons (Fsp3) is 0.0233. The van der Waals surface area contributed by atoms with E-state index in [0.29, 0.717) is 0 Å². The lowest BCUT2D eigenvalue weighted by Gasteiger charge is -2.28. The van der Waals surface area contributed by atoms with Gasteiger partial charge in [0.1, 0.15) is 0 Å². The molecule has 0 unspecified atom stereocenters. The number of fused-ring (bicyclic) bond motifs is 3.